The summed E-state index contributed by atoms with van der Waals surface area (Å²) >= 11 is 0. The molecule has 3 aromatic rings. The first-order valence-electron chi connectivity index (χ1n) is 11.3. The molecule has 1 heteroatoms. The van der Waals surface area contributed by atoms with E-state index in [2.05, 4.69) is 96.1 Å². The van der Waals surface area contributed by atoms with Gasteiger partial charge in [-0.3, -0.25) is 0 Å². The summed E-state index contributed by atoms with van der Waals surface area (Å²) in [6, 6.07) is 19.8. The van der Waals surface area contributed by atoms with Crippen LogP contribution in [-0.2, 0) is 0 Å². The van der Waals surface area contributed by atoms with Gasteiger partial charge in [-0.15, -0.1) is 0 Å². The largest absolute Gasteiger partial charge is 0.496 e. The summed E-state index contributed by atoms with van der Waals surface area (Å²) in [4.78, 5) is 0. The van der Waals surface area contributed by atoms with Crippen molar-refractivity contribution in [3.63, 3.8) is 0 Å². The summed E-state index contributed by atoms with van der Waals surface area (Å²) in [6.07, 6.45) is 2.26. The molecule has 0 aromatic heterocycles. The second-order valence-electron chi connectivity index (χ2n) is 8.55. The Kier molecular flexibility index (Phi) is 7.02. The summed E-state index contributed by atoms with van der Waals surface area (Å²) in [5.74, 6) is 1.97. The predicted octanol–water partition coefficient (Wildman–Crippen LogP) is 8.67. The lowest BCUT2D eigenvalue weighted by Crippen LogP contribution is -2.06. The summed E-state index contributed by atoms with van der Waals surface area (Å²) in [7, 11) is 1.76. The van der Waals surface area contributed by atoms with Crippen LogP contribution in [-0.4, -0.2) is 7.11 Å². The van der Waals surface area contributed by atoms with Crippen LogP contribution < -0.4 is 4.74 Å². The van der Waals surface area contributed by atoms with E-state index in [4.69, 9.17) is 4.74 Å². The smallest absolute Gasteiger partial charge is 0.122 e. The average molecular weight is 401 g/mol. The molecule has 0 aliphatic carbocycles. The van der Waals surface area contributed by atoms with Crippen molar-refractivity contribution in [2.24, 2.45) is 0 Å². The molecule has 158 valence electrons. The number of hydrogen-bond donors (Lipinski definition) is 0. The molecule has 0 heterocycles. The van der Waals surface area contributed by atoms with Crippen LogP contribution in [0.5, 0.6) is 5.75 Å². The van der Waals surface area contributed by atoms with E-state index < -0.39 is 0 Å². The van der Waals surface area contributed by atoms with Crippen molar-refractivity contribution >= 4 is 0 Å². The molecule has 2 unspecified atom stereocenters. The van der Waals surface area contributed by atoms with Crippen molar-refractivity contribution in [3.8, 4) is 28.0 Å². The highest BCUT2D eigenvalue weighted by atomic mass is 16.5. The minimum Gasteiger partial charge on any atom is -0.496 e. The number of methoxy groups -OCH3 is 1. The Morgan fingerprint density at radius 2 is 1.33 bits per heavy atom. The molecule has 2 atom stereocenters. The summed E-state index contributed by atoms with van der Waals surface area (Å²) in [5.41, 5.74) is 10.9. The summed E-state index contributed by atoms with van der Waals surface area (Å²) < 4.78 is 5.67. The Labute approximate surface area is 183 Å². The van der Waals surface area contributed by atoms with E-state index in [1.165, 1.54) is 44.5 Å². The third kappa shape index (κ3) is 4.03. The SMILES string of the molecule is CCC(C)c1cc(C(C)CC)c(-c2cccc(OC)c2C)c(C)c1-c1ccccc1. The maximum Gasteiger partial charge on any atom is 0.122 e. The third-order valence-electron chi connectivity index (χ3n) is 6.76. The van der Waals surface area contributed by atoms with Crippen molar-refractivity contribution in [1.29, 1.82) is 0 Å². The maximum absolute atomic E-state index is 5.67. The zero-order chi connectivity index (χ0) is 21.8. The maximum atomic E-state index is 5.67. The van der Waals surface area contributed by atoms with E-state index in [0.29, 0.717) is 11.8 Å². The number of ether oxygens (including phenoxy) is 1. The van der Waals surface area contributed by atoms with Gasteiger partial charge in [-0.2, -0.15) is 0 Å². The third-order valence-corrected chi connectivity index (χ3v) is 6.76. The van der Waals surface area contributed by atoms with E-state index in [1.807, 2.05) is 0 Å². The average Bonchev–Trinajstić information content (AvgIpc) is 2.78. The fraction of sp³-hybridized carbons (Fsp3) is 0.379. The van der Waals surface area contributed by atoms with Crippen LogP contribution in [0.1, 0.15) is 74.6 Å². The normalized spacial score (nSPS) is 13.2. The highest BCUT2D eigenvalue weighted by Crippen LogP contribution is 2.45. The molecule has 3 aromatic carbocycles. The first-order valence-corrected chi connectivity index (χ1v) is 11.3. The summed E-state index contributed by atoms with van der Waals surface area (Å²) in [6.45, 7) is 13.8. The highest BCUT2D eigenvalue weighted by Gasteiger charge is 2.23. The molecule has 0 bridgehead atoms. The van der Waals surface area contributed by atoms with Crippen molar-refractivity contribution in [1.82, 2.24) is 0 Å². The minimum absolute atomic E-state index is 0.497. The Morgan fingerprint density at radius 3 is 1.90 bits per heavy atom. The molecule has 0 amide bonds. The number of rotatable bonds is 7. The molecule has 1 nitrogen and oxygen atoms in total. The molecule has 0 aliphatic heterocycles. The van der Waals surface area contributed by atoms with E-state index >= 15 is 0 Å². The molecule has 0 saturated carbocycles. The van der Waals surface area contributed by atoms with Crippen LogP contribution in [0.4, 0.5) is 0 Å². The Morgan fingerprint density at radius 1 is 0.733 bits per heavy atom. The first kappa shape index (κ1) is 22.2. The molecule has 0 spiro atoms. The molecular formula is C29H36O. The van der Waals surface area contributed by atoms with Gasteiger partial charge in [0.05, 0.1) is 7.11 Å². The topological polar surface area (TPSA) is 9.23 Å². The Bertz CT molecular complexity index is 1000. The molecule has 0 aliphatic rings. The van der Waals surface area contributed by atoms with Crippen LogP contribution in [0.25, 0.3) is 22.3 Å². The zero-order valence-electron chi connectivity index (χ0n) is 19.7. The van der Waals surface area contributed by atoms with Gasteiger partial charge in [0.15, 0.2) is 0 Å². The van der Waals surface area contributed by atoms with Crippen molar-refractivity contribution in [2.45, 2.75) is 66.2 Å². The van der Waals surface area contributed by atoms with Gasteiger partial charge in [0.25, 0.3) is 0 Å². The fourth-order valence-corrected chi connectivity index (χ4v) is 4.54. The predicted molar refractivity (Wildman–Crippen MR) is 131 cm³/mol. The Balaban J connectivity index is 2.44. The molecule has 0 radical (unpaired) electrons. The van der Waals surface area contributed by atoms with E-state index in [0.717, 1.165) is 18.6 Å². The van der Waals surface area contributed by atoms with Crippen LogP contribution >= 0.6 is 0 Å². The van der Waals surface area contributed by atoms with Crippen molar-refractivity contribution in [2.75, 3.05) is 7.11 Å². The number of hydrogen-bond acceptors (Lipinski definition) is 1. The van der Waals surface area contributed by atoms with Crippen LogP contribution in [0.15, 0.2) is 54.6 Å². The van der Waals surface area contributed by atoms with E-state index in [9.17, 15) is 0 Å². The standard InChI is InChI=1S/C29H36O/c1-8-19(3)25-18-26(20(4)9-2)29(24-16-13-17-27(30-7)21(24)5)22(6)28(25)23-14-11-10-12-15-23/h10-20H,8-9H2,1-7H3. The van der Waals surface area contributed by atoms with E-state index in [1.54, 1.807) is 7.11 Å². The monoisotopic (exact) mass is 400 g/mol. The summed E-state index contributed by atoms with van der Waals surface area (Å²) in [5, 5.41) is 0. The van der Waals surface area contributed by atoms with Gasteiger partial charge in [0.1, 0.15) is 5.75 Å². The van der Waals surface area contributed by atoms with Gasteiger partial charge in [0, 0.05) is 0 Å². The van der Waals surface area contributed by atoms with Gasteiger partial charge in [-0.25, -0.2) is 0 Å². The first-order chi connectivity index (χ1) is 14.4. The lowest BCUT2D eigenvalue weighted by molar-refractivity contribution is 0.412. The quantitative estimate of drug-likeness (QED) is 0.385. The Hall–Kier alpha value is -2.54. The van der Waals surface area contributed by atoms with Gasteiger partial charge in [-0.05, 0) is 89.1 Å². The minimum atomic E-state index is 0.497. The van der Waals surface area contributed by atoms with Crippen molar-refractivity contribution in [3.05, 3.63) is 76.9 Å². The lowest BCUT2D eigenvalue weighted by Gasteiger charge is -2.27. The van der Waals surface area contributed by atoms with Crippen LogP contribution in [0.2, 0.25) is 0 Å². The highest BCUT2D eigenvalue weighted by molar-refractivity contribution is 5.85. The molecular weight excluding hydrogens is 364 g/mol. The van der Waals surface area contributed by atoms with Gasteiger partial charge >= 0.3 is 0 Å². The number of benzene rings is 3. The molecule has 0 N–H and O–H groups in total. The molecule has 3 rings (SSSR count). The zero-order valence-corrected chi connectivity index (χ0v) is 19.7. The molecule has 30 heavy (non-hydrogen) atoms. The second-order valence-corrected chi connectivity index (χ2v) is 8.55. The molecule has 0 fully saturated rings. The van der Waals surface area contributed by atoms with Gasteiger partial charge in [0.2, 0.25) is 0 Å². The van der Waals surface area contributed by atoms with Crippen LogP contribution in [0, 0.1) is 13.8 Å². The fourth-order valence-electron chi connectivity index (χ4n) is 4.54. The van der Waals surface area contributed by atoms with Gasteiger partial charge in [-0.1, -0.05) is 76.2 Å². The van der Waals surface area contributed by atoms with Gasteiger partial charge < -0.3 is 4.74 Å². The van der Waals surface area contributed by atoms with Crippen LogP contribution in [0.3, 0.4) is 0 Å². The second kappa shape index (κ2) is 9.51. The van der Waals surface area contributed by atoms with Crippen molar-refractivity contribution < 1.29 is 4.74 Å². The van der Waals surface area contributed by atoms with E-state index in [-0.39, 0.29) is 0 Å². The molecule has 0 saturated heterocycles. The lowest BCUT2D eigenvalue weighted by atomic mass is 9.77.